The van der Waals surface area contributed by atoms with Crippen molar-refractivity contribution in [2.75, 3.05) is 13.7 Å². The zero-order chi connectivity index (χ0) is 26.7. The number of fused-ring (bicyclic) bond motifs is 1. The molecule has 10 heteroatoms. The Balaban J connectivity index is 1.37. The molecule has 0 aromatic heterocycles. The van der Waals surface area contributed by atoms with E-state index in [-0.39, 0.29) is 23.1 Å². The highest BCUT2D eigenvalue weighted by atomic mass is 17.3. The van der Waals surface area contributed by atoms with Crippen LogP contribution in [0.5, 0.6) is 5.75 Å². The molecule has 3 fully saturated rings. The lowest BCUT2D eigenvalue weighted by Gasteiger charge is -2.65. The van der Waals surface area contributed by atoms with Gasteiger partial charge in [0.25, 0.3) is 5.79 Å². The fourth-order valence-electron chi connectivity index (χ4n) is 7.54. The SMILES string of the molecule is COC1(c2ccc(C#N)c(O[C@@H]3OC(CO)[C@H](O)C(O)C3O)c2)OOC12C1CCCC2C2=C(CCCC2)C1. The molecule has 38 heavy (non-hydrogen) atoms. The van der Waals surface area contributed by atoms with E-state index in [9.17, 15) is 25.7 Å². The monoisotopic (exact) mass is 529 g/mol. The van der Waals surface area contributed by atoms with Crippen molar-refractivity contribution >= 4 is 0 Å². The van der Waals surface area contributed by atoms with Gasteiger partial charge in [-0.2, -0.15) is 10.1 Å². The topological polar surface area (TPSA) is 151 Å². The first-order valence-electron chi connectivity index (χ1n) is 13.5. The average molecular weight is 530 g/mol. The minimum absolute atomic E-state index is 0.0925. The average Bonchev–Trinajstić information content (AvgIpc) is 2.93. The minimum atomic E-state index is -1.61. The van der Waals surface area contributed by atoms with E-state index in [1.54, 1.807) is 30.9 Å². The highest BCUT2D eigenvalue weighted by molar-refractivity contribution is 5.48. The van der Waals surface area contributed by atoms with Crippen molar-refractivity contribution in [2.24, 2.45) is 11.8 Å². The van der Waals surface area contributed by atoms with E-state index in [2.05, 4.69) is 6.07 Å². The van der Waals surface area contributed by atoms with Gasteiger partial charge in [0, 0.05) is 24.5 Å². The molecule has 5 aliphatic rings. The van der Waals surface area contributed by atoms with Gasteiger partial charge >= 0.3 is 0 Å². The molecule has 4 N–H and O–H groups in total. The van der Waals surface area contributed by atoms with Gasteiger partial charge in [-0.05, 0) is 57.1 Å². The Kier molecular flexibility index (Phi) is 6.78. The molecule has 0 radical (unpaired) electrons. The van der Waals surface area contributed by atoms with Gasteiger partial charge in [0.1, 0.15) is 36.2 Å². The number of hydrogen-bond acceptors (Lipinski definition) is 10. The second-order valence-corrected chi connectivity index (χ2v) is 11.1. The highest BCUT2D eigenvalue weighted by Crippen LogP contribution is 2.66. The molecule has 2 heterocycles. The van der Waals surface area contributed by atoms with Crippen LogP contribution in [0.2, 0.25) is 0 Å². The third kappa shape index (κ3) is 3.61. The molecular weight excluding hydrogens is 494 g/mol. The van der Waals surface area contributed by atoms with E-state index in [0.29, 0.717) is 5.56 Å². The lowest BCUT2D eigenvalue weighted by molar-refractivity contribution is -0.639. The molecule has 1 spiro atoms. The number of rotatable bonds is 5. The number of benzene rings is 1. The second-order valence-electron chi connectivity index (χ2n) is 11.1. The van der Waals surface area contributed by atoms with E-state index in [4.69, 9.17) is 24.0 Å². The largest absolute Gasteiger partial charge is 0.461 e. The summed E-state index contributed by atoms with van der Waals surface area (Å²) in [6.45, 7) is -0.586. The number of aliphatic hydroxyl groups is 4. The quantitative estimate of drug-likeness (QED) is 0.329. The van der Waals surface area contributed by atoms with Crippen molar-refractivity contribution in [1.29, 1.82) is 5.26 Å². The van der Waals surface area contributed by atoms with Crippen LogP contribution < -0.4 is 4.74 Å². The summed E-state index contributed by atoms with van der Waals surface area (Å²) >= 11 is 0. The predicted molar refractivity (Wildman–Crippen MR) is 130 cm³/mol. The Hall–Kier alpha value is -2.07. The Morgan fingerprint density at radius 3 is 2.58 bits per heavy atom. The summed E-state index contributed by atoms with van der Waals surface area (Å²) in [4.78, 5) is 12.0. The van der Waals surface area contributed by atoms with E-state index in [1.165, 1.54) is 18.4 Å². The minimum Gasteiger partial charge on any atom is -0.461 e. The summed E-state index contributed by atoms with van der Waals surface area (Å²) in [7, 11) is 1.60. The van der Waals surface area contributed by atoms with Crippen LogP contribution in [-0.4, -0.2) is 70.4 Å². The van der Waals surface area contributed by atoms with Crippen LogP contribution in [0.1, 0.15) is 62.5 Å². The van der Waals surface area contributed by atoms with Gasteiger partial charge in [-0.3, -0.25) is 0 Å². The first-order valence-corrected chi connectivity index (χ1v) is 13.5. The number of allylic oxidation sites excluding steroid dienone is 1. The lowest BCUT2D eigenvalue weighted by atomic mass is 9.53. The fraction of sp³-hybridized carbons (Fsp3) is 0.679. The van der Waals surface area contributed by atoms with E-state index in [0.717, 1.165) is 38.5 Å². The Morgan fingerprint density at radius 2 is 1.87 bits per heavy atom. The molecule has 3 aliphatic carbocycles. The Bertz CT molecular complexity index is 1140. The second kappa shape index (κ2) is 9.84. The zero-order valence-corrected chi connectivity index (χ0v) is 21.4. The standard InChI is InChI=1S/C28H35NO9/c1-34-28(27(37-38-28)17-6-4-8-20(27)19-7-3-2-5-15(19)11-17)18-10-9-16(13-29)21(12-18)35-26-25(33)24(32)23(31)22(14-30)36-26/h9-10,12,17,20,22-26,30-33H,2-8,11,14H2,1H3/t17?,20?,22?,23-,24?,25?,26+,27?,28?/m0/s1. The molecule has 206 valence electrons. The number of aliphatic hydroxyl groups excluding tert-OH is 4. The normalized spacial score (nSPS) is 42.3. The van der Waals surface area contributed by atoms with Crippen LogP contribution in [0.15, 0.2) is 29.3 Å². The van der Waals surface area contributed by atoms with Gasteiger partial charge in [-0.1, -0.05) is 23.6 Å². The van der Waals surface area contributed by atoms with Gasteiger partial charge in [0.2, 0.25) is 6.29 Å². The smallest absolute Gasteiger partial charge is 0.261 e. The fourth-order valence-corrected chi connectivity index (χ4v) is 7.54. The molecule has 7 unspecified atom stereocenters. The van der Waals surface area contributed by atoms with Gasteiger partial charge < -0.3 is 34.6 Å². The highest BCUT2D eigenvalue weighted by Gasteiger charge is 2.75. The zero-order valence-electron chi connectivity index (χ0n) is 21.4. The third-order valence-electron chi connectivity index (χ3n) is 9.38. The van der Waals surface area contributed by atoms with Crippen molar-refractivity contribution in [1.82, 2.24) is 0 Å². The molecule has 10 nitrogen and oxygen atoms in total. The third-order valence-corrected chi connectivity index (χ3v) is 9.38. The van der Waals surface area contributed by atoms with Crippen molar-refractivity contribution < 1.29 is 44.4 Å². The van der Waals surface area contributed by atoms with Gasteiger partial charge in [-0.25, -0.2) is 4.89 Å². The van der Waals surface area contributed by atoms with Crippen LogP contribution >= 0.6 is 0 Å². The molecule has 1 saturated carbocycles. The maximum Gasteiger partial charge on any atom is 0.261 e. The number of methoxy groups -OCH3 is 1. The summed E-state index contributed by atoms with van der Waals surface area (Å²) < 4.78 is 17.6. The van der Waals surface area contributed by atoms with Crippen molar-refractivity contribution in [3.05, 3.63) is 40.5 Å². The molecule has 6 rings (SSSR count). The van der Waals surface area contributed by atoms with Crippen LogP contribution in [0, 0.1) is 23.2 Å². The van der Waals surface area contributed by atoms with Crippen molar-refractivity contribution in [2.45, 2.75) is 93.5 Å². The molecule has 2 bridgehead atoms. The Morgan fingerprint density at radius 1 is 1.05 bits per heavy atom. The number of ether oxygens (including phenoxy) is 3. The lowest BCUT2D eigenvalue weighted by Crippen LogP contribution is -2.74. The number of nitriles is 1. The molecule has 1 aromatic carbocycles. The molecule has 2 aliphatic heterocycles. The molecular formula is C28H35NO9. The predicted octanol–water partition coefficient (Wildman–Crippen LogP) is 1.93. The molecule has 2 saturated heterocycles. The van der Waals surface area contributed by atoms with Crippen LogP contribution in [0.25, 0.3) is 0 Å². The molecule has 9 atom stereocenters. The van der Waals surface area contributed by atoms with Crippen molar-refractivity contribution in [3.8, 4) is 11.8 Å². The van der Waals surface area contributed by atoms with Crippen LogP contribution in [0.4, 0.5) is 0 Å². The van der Waals surface area contributed by atoms with E-state index >= 15 is 0 Å². The first-order chi connectivity index (χ1) is 18.4. The summed E-state index contributed by atoms with van der Waals surface area (Å²) in [6, 6.07) is 7.08. The summed E-state index contributed by atoms with van der Waals surface area (Å²) in [5, 5.41) is 50.1. The van der Waals surface area contributed by atoms with Crippen LogP contribution in [-0.2, 0) is 25.0 Å². The number of hydrogen-bond donors (Lipinski definition) is 4. The molecule has 1 aromatic rings. The number of nitrogens with zero attached hydrogens (tertiary/aromatic N) is 1. The van der Waals surface area contributed by atoms with E-state index < -0.39 is 48.7 Å². The maximum absolute atomic E-state index is 10.5. The molecule has 0 amide bonds. The van der Waals surface area contributed by atoms with Gasteiger partial charge in [0.05, 0.1) is 12.2 Å². The van der Waals surface area contributed by atoms with E-state index in [1.807, 2.05) is 0 Å². The van der Waals surface area contributed by atoms with Gasteiger partial charge in [-0.15, -0.1) is 0 Å². The summed E-state index contributed by atoms with van der Waals surface area (Å²) in [5.74, 6) is -0.739. The summed E-state index contributed by atoms with van der Waals surface area (Å²) in [5.41, 5.74) is 3.14. The maximum atomic E-state index is 10.5. The van der Waals surface area contributed by atoms with Crippen molar-refractivity contribution in [3.63, 3.8) is 0 Å². The van der Waals surface area contributed by atoms with Gasteiger partial charge in [0.15, 0.2) is 5.60 Å². The summed E-state index contributed by atoms with van der Waals surface area (Å²) in [6.07, 6.45) is 1.41. The first kappa shape index (κ1) is 26.2. The van der Waals surface area contributed by atoms with Crippen LogP contribution in [0.3, 0.4) is 0 Å². The Labute approximate surface area is 221 Å².